The van der Waals surface area contributed by atoms with Gasteiger partial charge in [-0.15, -0.1) is 0 Å². The van der Waals surface area contributed by atoms with E-state index in [9.17, 15) is 5.11 Å². The molecule has 2 heteroatoms. The number of aliphatic hydroxyl groups is 1. The molecule has 62 valence electrons. The summed E-state index contributed by atoms with van der Waals surface area (Å²) in [6, 6.07) is -0.0833. The van der Waals surface area contributed by atoms with Crippen LogP contribution in [0.1, 0.15) is 27.7 Å². The molecule has 0 saturated heterocycles. The summed E-state index contributed by atoms with van der Waals surface area (Å²) >= 11 is 0. The van der Waals surface area contributed by atoms with Gasteiger partial charge in [0.25, 0.3) is 0 Å². The Morgan fingerprint density at radius 1 is 1.00 bits per heavy atom. The molecule has 10 heavy (non-hydrogen) atoms. The molecule has 0 saturated carbocycles. The Bertz CT molecular complexity index is 79.3. The largest absolute Gasteiger partial charge is 0.391 e. The smallest absolute Gasteiger partial charge is 0.0716 e. The van der Waals surface area contributed by atoms with Crippen molar-refractivity contribution in [3.8, 4) is 0 Å². The molecular weight excluding hydrogens is 126 g/mol. The SMILES string of the molecule is CC(C)C(N)C(O)C(C)C. The maximum absolute atomic E-state index is 9.44. The zero-order valence-electron chi connectivity index (χ0n) is 7.33. The number of aliphatic hydroxyl groups excluding tert-OH is 1. The van der Waals surface area contributed by atoms with Crippen LogP contribution in [-0.2, 0) is 0 Å². The second-order valence-corrected chi connectivity index (χ2v) is 3.56. The van der Waals surface area contributed by atoms with Crippen LogP contribution in [0.5, 0.6) is 0 Å². The molecule has 0 bridgehead atoms. The molecule has 0 spiro atoms. The first-order valence-corrected chi connectivity index (χ1v) is 3.90. The molecule has 2 unspecified atom stereocenters. The van der Waals surface area contributed by atoms with Gasteiger partial charge in [0.2, 0.25) is 0 Å². The first-order chi connectivity index (χ1) is 4.46. The Hall–Kier alpha value is -0.0800. The summed E-state index contributed by atoms with van der Waals surface area (Å²) in [5, 5.41) is 9.44. The molecule has 0 aliphatic carbocycles. The van der Waals surface area contributed by atoms with E-state index in [0.29, 0.717) is 5.92 Å². The topological polar surface area (TPSA) is 46.2 Å². The standard InChI is InChI=1S/C8H19NO/c1-5(2)7(9)8(10)6(3)4/h5-8,10H,9H2,1-4H3. The van der Waals surface area contributed by atoms with Gasteiger partial charge < -0.3 is 10.8 Å². The fourth-order valence-electron chi connectivity index (χ4n) is 0.839. The Kier molecular flexibility index (Phi) is 3.91. The van der Waals surface area contributed by atoms with Crippen LogP contribution in [0, 0.1) is 11.8 Å². The normalized spacial score (nSPS) is 18.0. The minimum atomic E-state index is -0.361. The van der Waals surface area contributed by atoms with E-state index in [0.717, 1.165) is 0 Å². The van der Waals surface area contributed by atoms with Gasteiger partial charge in [0.05, 0.1) is 6.10 Å². The molecule has 0 aliphatic heterocycles. The van der Waals surface area contributed by atoms with Gasteiger partial charge in [-0.1, -0.05) is 27.7 Å². The third kappa shape index (κ3) is 2.67. The fourth-order valence-corrected chi connectivity index (χ4v) is 0.839. The summed E-state index contributed by atoms with van der Waals surface area (Å²) in [4.78, 5) is 0. The molecule has 2 atom stereocenters. The Morgan fingerprint density at radius 3 is 1.50 bits per heavy atom. The highest BCUT2D eigenvalue weighted by molar-refractivity contribution is 4.76. The van der Waals surface area contributed by atoms with E-state index < -0.39 is 0 Å². The highest BCUT2D eigenvalue weighted by Crippen LogP contribution is 2.10. The van der Waals surface area contributed by atoms with Gasteiger partial charge in [-0.05, 0) is 11.8 Å². The molecule has 0 aliphatic rings. The van der Waals surface area contributed by atoms with Crippen LogP contribution < -0.4 is 5.73 Å². The van der Waals surface area contributed by atoms with Gasteiger partial charge in [0.1, 0.15) is 0 Å². The molecule has 0 rings (SSSR count). The van der Waals surface area contributed by atoms with Gasteiger partial charge in [-0.3, -0.25) is 0 Å². The molecular formula is C8H19NO. The predicted molar refractivity (Wildman–Crippen MR) is 43.7 cm³/mol. The van der Waals surface area contributed by atoms with E-state index >= 15 is 0 Å². The van der Waals surface area contributed by atoms with Crippen molar-refractivity contribution in [2.75, 3.05) is 0 Å². The van der Waals surface area contributed by atoms with Crippen molar-refractivity contribution in [2.24, 2.45) is 17.6 Å². The first kappa shape index (κ1) is 9.92. The maximum atomic E-state index is 9.44. The van der Waals surface area contributed by atoms with Crippen molar-refractivity contribution in [3.05, 3.63) is 0 Å². The molecule has 0 aromatic carbocycles. The third-order valence-corrected chi connectivity index (χ3v) is 1.85. The van der Waals surface area contributed by atoms with E-state index in [-0.39, 0.29) is 18.1 Å². The molecule has 0 radical (unpaired) electrons. The van der Waals surface area contributed by atoms with Gasteiger partial charge in [-0.25, -0.2) is 0 Å². The van der Waals surface area contributed by atoms with Crippen molar-refractivity contribution in [2.45, 2.75) is 39.8 Å². The Morgan fingerprint density at radius 2 is 1.40 bits per heavy atom. The third-order valence-electron chi connectivity index (χ3n) is 1.85. The molecule has 3 N–H and O–H groups in total. The summed E-state index contributed by atoms with van der Waals surface area (Å²) in [5.41, 5.74) is 5.71. The van der Waals surface area contributed by atoms with Crippen molar-refractivity contribution in [1.82, 2.24) is 0 Å². The second kappa shape index (κ2) is 3.94. The van der Waals surface area contributed by atoms with Crippen molar-refractivity contribution < 1.29 is 5.11 Å². The van der Waals surface area contributed by atoms with Gasteiger partial charge in [-0.2, -0.15) is 0 Å². The van der Waals surface area contributed by atoms with Crippen LogP contribution in [0.2, 0.25) is 0 Å². The summed E-state index contributed by atoms with van der Waals surface area (Å²) < 4.78 is 0. The van der Waals surface area contributed by atoms with E-state index in [4.69, 9.17) is 5.73 Å². The lowest BCUT2D eigenvalue weighted by molar-refractivity contribution is 0.0813. The highest BCUT2D eigenvalue weighted by atomic mass is 16.3. The van der Waals surface area contributed by atoms with Gasteiger partial charge in [0, 0.05) is 6.04 Å². The maximum Gasteiger partial charge on any atom is 0.0716 e. The minimum Gasteiger partial charge on any atom is -0.391 e. The molecule has 2 nitrogen and oxygen atoms in total. The first-order valence-electron chi connectivity index (χ1n) is 3.90. The van der Waals surface area contributed by atoms with Crippen LogP contribution in [0.4, 0.5) is 0 Å². The van der Waals surface area contributed by atoms with Crippen molar-refractivity contribution >= 4 is 0 Å². The fraction of sp³-hybridized carbons (Fsp3) is 1.00. The van der Waals surface area contributed by atoms with Crippen LogP contribution in [0.3, 0.4) is 0 Å². The second-order valence-electron chi connectivity index (χ2n) is 3.56. The van der Waals surface area contributed by atoms with Crippen LogP contribution in [-0.4, -0.2) is 17.3 Å². The van der Waals surface area contributed by atoms with Gasteiger partial charge in [0.15, 0.2) is 0 Å². The monoisotopic (exact) mass is 145 g/mol. The average Bonchev–Trinajstić information content (AvgIpc) is 1.84. The molecule has 0 amide bonds. The summed E-state index contributed by atoms with van der Waals surface area (Å²) in [7, 11) is 0. The molecule has 0 fully saturated rings. The Balaban J connectivity index is 3.81. The lowest BCUT2D eigenvalue weighted by Gasteiger charge is -2.24. The zero-order valence-corrected chi connectivity index (χ0v) is 7.33. The molecule has 0 aromatic heterocycles. The van der Waals surface area contributed by atoms with E-state index in [2.05, 4.69) is 0 Å². The lowest BCUT2D eigenvalue weighted by Crippen LogP contribution is -2.42. The van der Waals surface area contributed by atoms with Crippen molar-refractivity contribution in [1.29, 1.82) is 0 Å². The van der Waals surface area contributed by atoms with Gasteiger partial charge >= 0.3 is 0 Å². The number of hydrogen-bond acceptors (Lipinski definition) is 2. The summed E-state index contributed by atoms with van der Waals surface area (Å²) in [5.74, 6) is 0.620. The number of hydrogen-bond donors (Lipinski definition) is 2. The molecule has 0 aromatic rings. The summed E-state index contributed by atoms with van der Waals surface area (Å²) in [6.07, 6.45) is -0.361. The van der Waals surface area contributed by atoms with Crippen molar-refractivity contribution in [3.63, 3.8) is 0 Å². The predicted octanol–water partition coefficient (Wildman–Crippen LogP) is 0.987. The average molecular weight is 145 g/mol. The highest BCUT2D eigenvalue weighted by Gasteiger charge is 2.20. The quantitative estimate of drug-likeness (QED) is 0.622. The van der Waals surface area contributed by atoms with Crippen LogP contribution >= 0.6 is 0 Å². The van der Waals surface area contributed by atoms with E-state index in [1.54, 1.807) is 0 Å². The van der Waals surface area contributed by atoms with E-state index in [1.165, 1.54) is 0 Å². The lowest BCUT2D eigenvalue weighted by atomic mass is 9.92. The Labute approximate surface area is 63.4 Å². The molecule has 0 heterocycles. The van der Waals surface area contributed by atoms with E-state index in [1.807, 2.05) is 27.7 Å². The van der Waals surface area contributed by atoms with Crippen LogP contribution in [0.15, 0.2) is 0 Å². The van der Waals surface area contributed by atoms with Crippen LogP contribution in [0.25, 0.3) is 0 Å². The zero-order chi connectivity index (χ0) is 8.31. The summed E-state index contributed by atoms with van der Waals surface area (Å²) in [6.45, 7) is 8.01. The minimum absolute atomic E-state index is 0.0833. The number of nitrogens with two attached hydrogens (primary N) is 1. The number of rotatable bonds is 3.